The summed E-state index contributed by atoms with van der Waals surface area (Å²) in [7, 11) is 0.343. The van der Waals surface area contributed by atoms with Crippen molar-refractivity contribution in [2.75, 3.05) is 4.05 Å². The summed E-state index contributed by atoms with van der Waals surface area (Å²) in [5, 5.41) is 0. The van der Waals surface area contributed by atoms with Crippen molar-refractivity contribution in [2.24, 2.45) is 0 Å². The Hall–Kier alpha value is 0.947. The number of rotatable bonds is 2. The second-order valence-electron chi connectivity index (χ2n) is 1.87. The van der Waals surface area contributed by atoms with Gasteiger partial charge in [0, 0.05) is 9.52 Å². The first-order valence-electron chi connectivity index (χ1n) is 2.33. The maximum atomic E-state index is 2.46. The lowest BCUT2D eigenvalue weighted by molar-refractivity contribution is 1.06. The first-order valence-corrected chi connectivity index (χ1v) is 5.67. The van der Waals surface area contributed by atoms with Gasteiger partial charge < -0.3 is 0 Å². The Morgan fingerprint density at radius 1 is 1.67 bits per heavy atom. The topological polar surface area (TPSA) is 0 Å². The molecule has 0 aliphatic carbocycles. The summed E-state index contributed by atoms with van der Waals surface area (Å²) in [6.07, 6.45) is 0. The molecule has 0 aromatic rings. The number of alkyl halides is 1. The van der Waals surface area contributed by atoms with Crippen molar-refractivity contribution in [3.05, 3.63) is 0 Å². The van der Waals surface area contributed by atoms with Crippen molar-refractivity contribution >= 4 is 32.1 Å². The second-order valence-corrected chi connectivity index (χ2v) is 7.70. The van der Waals surface area contributed by atoms with Crippen LogP contribution in [0.2, 0.25) is 5.54 Å². The zero-order valence-electron chi connectivity index (χ0n) is 4.37. The SMILES string of the molecule is CC(C)[SiH2]CI. The van der Waals surface area contributed by atoms with E-state index < -0.39 is 0 Å². The minimum Gasteiger partial charge on any atom is -0.0904 e. The molecule has 0 aromatic heterocycles. The third kappa shape index (κ3) is 4.95. The predicted octanol–water partition coefficient (Wildman–Crippen LogP) is 1.38. The number of hydrogen-bond acceptors (Lipinski definition) is 0. The molecule has 0 aliphatic rings. The van der Waals surface area contributed by atoms with Gasteiger partial charge in [-0.05, 0) is 4.05 Å². The summed E-state index contributed by atoms with van der Waals surface area (Å²) < 4.78 is 1.44. The summed E-state index contributed by atoms with van der Waals surface area (Å²) in [6, 6.07) is 0. The van der Waals surface area contributed by atoms with Gasteiger partial charge >= 0.3 is 0 Å². The van der Waals surface area contributed by atoms with E-state index in [2.05, 4.69) is 36.4 Å². The molecule has 0 N–H and O–H groups in total. The molecular weight excluding hydrogens is 203 g/mol. The van der Waals surface area contributed by atoms with E-state index in [0.29, 0.717) is 9.52 Å². The molecule has 0 unspecified atom stereocenters. The fourth-order valence-electron chi connectivity index (χ4n) is 0.218. The van der Waals surface area contributed by atoms with Gasteiger partial charge in [-0.25, -0.2) is 0 Å². The Balaban J connectivity index is 2.63. The first-order chi connectivity index (χ1) is 2.77. The van der Waals surface area contributed by atoms with E-state index in [4.69, 9.17) is 0 Å². The highest BCUT2D eigenvalue weighted by Crippen LogP contribution is 1.97. The van der Waals surface area contributed by atoms with Gasteiger partial charge in [0.05, 0.1) is 0 Å². The molecule has 0 atom stereocenters. The molecule has 6 heavy (non-hydrogen) atoms. The Morgan fingerprint density at radius 2 is 2.17 bits per heavy atom. The Labute approximate surface area is 55.7 Å². The molecule has 0 aliphatic heterocycles. The molecule has 38 valence electrons. The number of hydrogen-bond donors (Lipinski definition) is 0. The molecule has 0 nitrogen and oxygen atoms in total. The summed E-state index contributed by atoms with van der Waals surface area (Å²) in [4.78, 5) is 0. The maximum Gasteiger partial charge on any atom is 0.0341 e. The molecule has 0 saturated carbocycles. The van der Waals surface area contributed by atoms with Crippen LogP contribution < -0.4 is 0 Å². The van der Waals surface area contributed by atoms with E-state index in [9.17, 15) is 0 Å². The van der Waals surface area contributed by atoms with Crippen LogP contribution in [0.5, 0.6) is 0 Å². The van der Waals surface area contributed by atoms with Gasteiger partial charge in [0.1, 0.15) is 0 Å². The van der Waals surface area contributed by atoms with E-state index in [1.165, 1.54) is 4.05 Å². The molecule has 0 rings (SSSR count). The molecule has 0 heterocycles. The molecular formula is C4H11ISi. The average molecular weight is 214 g/mol. The monoisotopic (exact) mass is 214 g/mol. The van der Waals surface area contributed by atoms with E-state index in [-0.39, 0.29) is 0 Å². The van der Waals surface area contributed by atoms with Crippen LogP contribution in [0.1, 0.15) is 13.8 Å². The Kier molecular flexibility index (Phi) is 4.76. The van der Waals surface area contributed by atoms with Crippen molar-refractivity contribution in [3.63, 3.8) is 0 Å². The maximum absolute atomic E-state index is 2.46. The summed E-state index contributed by atoms with van der Waals surface area (Å²) in [5.41, 5.74) is 1.03. The van der Waals surface area contributed by atoms with Crippen LogP contribution in [0.3, 0.4) is 0 Å². The smallest absolute Gasteiger partial charge is 0.0341 e. The van der Waals surface area contributed by atoms with E-state index in [1.54, 1.807) is 0 Å². The van der Waals surface area contributed by atoms with Crippen LogP contribution in [0, 0.1) is 0 Å². The highest BCUT2D eigenvalue weighted by atomic mass is 127. The third-order valence-electron chi connectivity index (χ3n) is 0.686. The van der Waals surface area contributed by atoms with Gasteiger partial charge in [0.2, 0.25) is 0 Å². The largest absolute Gasteiger partial charge is 0.0904 e. The van der Waals surface area contributed by atoms with Crippen LogP contribution in [-0.2, 0) is 0 Å². The molecule has 0 bridgehead atoms. The van der Waals surface area contributed by atoms with Gasteiger partial charge in [0.15, 0.2) is 0 Å². The predicted molar refractivity (Wildman–Crippen MR) is 42.5 cm³/mol. The highest BCUT2D eigenvalue weighted by Gasteiger charge is 1.88. The average Bonchev–Trinajstić information content (AvgIpc) is 1.35. The van der Waals surface area contributed by atoms with Crippen LogP contribution in [0.15, 0.2) is 0 Å². The van der Waals surface area contributed by atoms with Crippen LogP contribution >= 0.6 is 22.6 Å². The molecule has 2 heteroatoms. The minimum absolute atomic E-state index is 0.343. The van der Waals surface area contributed by atoms with Gasteiger partial charge in [0.25, 0.3) is 0 Å². The summed E-state index contributed by atoms with van der Waals surface area (Å²) in [5.74, 6) is 0. The minimum atomic E-state index is 0.343. The highest BCUT2D eigenvalue weighted by molar-refractivity contribution is 14.1. The quantitative estimate of drug-likeness (QED) is 0.370. The lowest BCUT2D eigenvalue weighted by Gasteiger charge is -1.93. The van der Waals surface area contributed by atoms with Crippen molar-refractivity contribution < 1.29 is 0 Å². The van der Waals surface area contributed by atoms with E-state index in [1.807, 2.05) is 0 Å². The standard InChI is InChI=1S/C4H11ISi/c1-4(2)6-3-5/h4H,3,6H2,1-2H3. The van der Waals surface area contributed by atoms with Gasteiger partial charge in [-0.15, -0.1) is 0 Å². The fourth-order valence-corrected chi connectivity index (χ4v) is 4.39. The van der Waals surface area contributed by atoms with Crippen molar-refractivity contribution in [2.45, 2.75) is 19.4 Å². The summed E-state index contributed by atoms with van der Waals surface area (Å²) >= 11 is 2.46. The van der Waals surface area contributed by atoms with Crippen LogP contribution in [0.4, 0.5) is 0 Å². The fraction of sp³-hybridized carbons (Fsp3) is 1.00. The zero-order valence-corrected chi connectivity index (χ0v) is 7.94. The van der Waals surface area contributed by atoms with Crippen molar-refractivity contribution in [3.8, 4) is 0 Å². The zero-order chi connectivity index (χ0) is 4.99. The van der Waals surface area contributed by atoms with Gasteiger partial charge in [-0.3, -0.25) is 0 Å². The van der Waals surface area contributed by atoms with Gasteiger partial charge in [-0.1, -0.05) is 42.0 Å². The first kappa shape index (κ1) is 6.95. The molecule has 0 spiro atoms. The molecule has 0 fully saturated rings. The van der Waals surface area contributed by atoms with Crippen LogP contribution in [-0.4, -0.2) is 13.6 Å². The molecule has 0 radical (unpaired) electrons. The summed E-state index contributed by atoms with van der Waals surface area (Å²) in [6.45, 7) is 4.62. The van der Waals surface area contributed by atoms with Gasteiger partial charge in [-0.2, -0.15) is 0 Å². The Bertz CT molecular complexity index is 28.7. The van der Waals surface area contributed by atoms with E-state index in [0.717, 1.165) is 5.54 Å². The normalized spacial score (nSPS) is 12.0. The lowest BCUT2D eigenvalue weighted by atomic mass is 10.6. The molecule has 0 amide bonds. The third-order valence-corrected chi connectivity index (χ3v) is 3.93. The number of halogens is 1. The second kappa shape index (κ2) is 4.12. The molecule has 0 aromatic carbocycles. The van der Waals surface area contributed by atoms with Crippen molar-refractivity contribution in [1.82, 2.24) is 0 Å². The molecule has 0 saturated heterocycles. The Morgan fingerprint density at radius 3 is 2.17 bits per heavy atom. The van der Waals surface area contributed by atoms with Crippen LogP contribution in [0.25, 0.3) is 0 Å². The lowest BCUT2D eigenvalue weighted by Crippen LogP contribution is -1.94. The van der Waals surface area contributed by atoms with Crippen molar-refractivity contribution in [1.29, 1.82) is 0 Å². The van der Waals surface area contributed by atoms with E-state index >= 15 is 0 Å².